The average molecular weight is 805 g/mol. The fraction of sp³-hybridized carbons (Fsp3) is 0.375. The van der Waals surface area contributed by atoms with E-state index in [0.717, 1.165) is 21.9 Å². The van der Waals surface area contributed by atoms with Gasteiger partial charge in [-0.25, -0.2) is 26.4 Å². The van der Waals surface area contributed by atoms with Crippen LogP contribution in [-0.2, 0) is 29.5 Å². The van der Waals surface area contributed by atoms with Gasteiger partial charge >= 0.3 is 12.2 Å². The molecule has 4 N–H and O–H groups in total. The van der Waals surface area contributed by atoms with E-state index in [1.54, 1.807) is 84.9 Å². The Labute approximate surface area is 292 Å². The molecule has 0 saturated heterocycles. The Bertz CT molecular complexity index is 1680. The number of carbonyl (C=O) groups is 2. The van der Waals surface area contributed by atoms with Crippen molar-refractivity contribution in [3.05, 3.63) is 87.2 Å². The van der Waals surface area contributed by atoms with Crippen molar-refractivity contribution in [3.63, 3.8) is 0 Å². The normalized spacial score (nSPS) is 13.0. The van der Waals surface area contributed by atoms with Crippen molar-refractivity contribution in [2.75, 3.05) is 9.44 Å². The van der Waals surface area contributed by atoms with Gasteiger partial charge in [-0.2, -0.15) is 0 Å². The summed E-state index contributed by atoms with van der Waals surface area (Å²) >= 11 is 2.03. The van der Waals surface area contributed by atoms with Crippen molar-refractivity contribution in [1.82, 2.24) is 10.6 Å². The molecule has 0 bridgehead atoms. The Kier molecular flexibility index (Phi) is 15.0. The SMILES string of the molecule is C=CS(=O)(=O)Nc1ccc(C(C)NC(=O)OC(C)(C)C)cc1I.C=Cc1cc(C(C)NC(=O)OC(C)(C)C)ccc1NS(=O)(=O)C=C. The van der Waals surface area contributed by atoms with E-state index in [9.17, 15) is 26.4 Å². The molecule has 0 heterocycles. The third-order valence-electron chi connectivity index (χ3n) is 5.70. The number of benzene rings is 2. The summed E-state index contributed by atoms with van der Waals surface area (Å²) in [5, 5.41) is 7.16. The molecule has 15 heteroatoms. The van der Waals surface area contributed by atoms with Crippen molar-refractivity contribution < 1.29 is 35.9 Å². The molecule has 260 valence electrons. The van der Waals surface area contributed by atoms with Gasteiger partial charge in [0.2, 0.25) is 0 Å². The predicted molar refractivity (Wildman–Crippen MR) is 197 cm³/mol. The maximum Gasteiger partial charge on any atom is 0.408 e. The number of alkyl carbamates (subject to hydrolysis) is 2. The second-order valence-corrected chi connectivity index (χ2v) is 16.6. The quantitative estimate of drug-likeness (QED) is 0.169. The van der Waals surface area contributed by atoms with Gasteiger partial charge in [-0.15, -0.1) is 0 Å². The van der Waals surface area contributed by atoms with Gasteiger partial charge in [-0.1, -0.05) is 37.9 Å². The standard InChI is InChI=1S/C17H24N2O4S.C15H21IN2O4S/c1-7-13-11-14(9-10-15(13)19-24(21,22)8-2)12(3)18-16(20)23-17(4,5)6;1-6-23(20,21)18-13-8-7-11(9-12(13)16)10(2)17-14(19)22-15(3,4)5/h7-12,19H,1-2H2,3-6H3,(H,18,20);6-10,18H,1H2,2-5H3,(H,17,19). The van der Waals surface area contributed by atoms with Gasteiger partial charge < -0.3 is 20.1 Å². The summed E-state index contributed by atoms with van der Waals surface area (Å²) in [6.07, 6.45) is 0.507. The number of ether oxygens (including phenoxy) is 2. The van der Waals surface area contributed by atoms with Crippen LogP contribution in [0.1, 0.15) is 84.2 Å². The van der Waals surface area contributed by atoms with Gasteiger partial charge in [0, 0.05) is 14.4 Å². The lowest BCUT2D eigenvalue weighted by molar-refractivity contribution is 0.0496. The second-order valence-electron chi connectivity index (χ2n) is 12.2. The molecule has 0 spiro atoms. The predicted octanol–water partition coefficient (Wildman–Crippen LogP) is 7.56. The van der Waals surface area contributed by atoms with Crippen LogP contribution in [-0.4, -0.2) is 40.2 Å². The Morgan fingerprint density at radius 1 is 0.723 bits per heavy atom. The van der Waals surface area contributed by atoms with Gasteiger partial charge in [0.1, 0.15) is 11.2 Å². The summed E-state index contributed by atoms with van der Waals surface area (Å²) in [7, 11) is -7.15. The average Bonchev–Trinajstić information content (AvgIpc) is 2.92. The highest BCUT2D eigenvalue weighted by molar-refractivity contribution is 14.1. The molecule has 0 aliphatic rings. The molecule has 0 aliphatic carbocycles. The molecule has 12 nitrogen and oxygen atoms in total. The van der Waals surface area contributed by atoms with Crippen LogP contribution in [0.25, 0.3) is 6.08 Å². The zero-order chi connectivity index (χ0) is 36.4. The van der Waals surface area contributed by atoms with Gasteiger partial charge in [-0.3, -0.25) is 9.44 Å². The molecule has 2 aromatic rings. The van der Waals surface area contributed by atoms with Crippen LogP contribution in [0.3, 0.4) is 0 Å². The molecule has 0 saturated carbocycles. The van der Waals surface area contributed by atoms with Crippen LogP contribution in [0.4, 0.5) is 21.0 Å². The molecule has 2 amide bonds. The monoisotopic (exact) mass is 804 g/mol. The van der Waals surface area contributed by atoms with E-state index >= 15 is 0 Å². The topological polar surface area (TPSA) is 169 Å². The van der Waals surface area contributed by atoms with Crippen LogP contribution in [0, 0.1) is 3.57 Å². The summed E-state index contributed by atoms with van der Waals surface area (Å²) in [5.41, 5.74) is 1.92. The van der Waals surface area contributed by atoms with E-state index in [1.165, 1.54) is 6.08 Å². The summed E-state index contributed by atoms with van der Waals surface area (Å²) < 4.78 is 62.2. The first kappa shape index (κ1) is 41.5. The molecule has 0 aromatic heterocycles. The number of anilines is 2. The molecule has 0 radical (unpaired) electrons. The maximum atomic E-state index is 11.8. The molecule has 47 heavy (non-hydrogen) atoms. The van der Waals surface area contributed by atoms with Crippen LogP contribution in [0.5, 0.6) is 0 Å². The number of hydrogen-bond donors (Lipinski definition) is 4. The summed E-state index contributed by atoms with van der Waals surface area (Å²) in [6.45, 7) is 24.6. The minimum atomic E-state index is -3.60. The highest BCUT2D eigenvalue weighted by Crippen LogP contribution is 2.26. The Hall–Kier alpha value is -3.57. The smallest absolute Gasteiger partial charge is 0.408 e. The summed E-state index contributed by atoms with van der Waals surface area (Å²) in [6, 6.07) is 9.67. The van der Waals surface area contributed by atoms with E-state index in [4.69, 9.17) is 9.47 Å². The number of sulfonamides is 2. The maximum absolute atomic E-state index is 11.8. The zero-order valence-electron chi connectivity index (χ0n) is 27.9. The lowest BCUT2D eigenvalue weighted by Gasteiger charge is -2.22. The Morgan fingerprint density at radius 3 is 1.47 bits per heavy atom. The number of halogens is 1. The molecule has 2 atom stereocenters. The van der Waals surface area contributed by atoms with E-state index in [2.05, 4.69) is 39.8 Å². The molecule has 0 aliphatic heterocycles. The fourth-order valence-electron chi connectivity index (χ4n) is 3.52. The van der Waals surface area contributed by atoms with Crippen molar-refractivity contribution in [1.29, 1.82) is 0 Å². The van der Waals surface area contributed by atoms with Crippen molar-refractivity contribution in [2.24, 2.45) is 0 Å². The van der Waals surface area contributed by atoms with Crippen LogP contribution in [0.15, 0.2) is 67.0 Å². The number of amides is 2. The van der Waals surface area contributed by atoms with Gasteiger partial charge in [0.05, 0.1) is 23.5 Å². The lowest BCUT2D eigenvalue weighted by Crippen LogP contribution is -2.34. The number of rotatable bonds is 11. The fourth-order valence-corrected chi connectivity index (χ4v) is 5.52. The third kappa shape index (κ3) is 15.7. The number of carbonyl (C=O) groups excluding carboxylic acids is 2. The molecule has 2 unspecified atom stereocenters. The van der Waals surface area contributed by atoms with Crippen molar-refractivity contribution in [2.45, 2.75) is 78.7 Å². The first-order valence-corrected chi connectivity index (χ1v) is 18.4. The van der Waals surface area contributed by atoms with Crippen LogP contribution < -0.4 is 20.1 Å². The summed E-state index contributed by atoms with van der Waals surface area (Å²) in [4.78, 5) is 23.6. The van der Waals surface area contributed by atoms with E-state index in [-0.39, 0.29) is 12.1 Å². The Morgan fingerprint density at radius 2 is 1.11 bits per heavy atom. The highest BCUT2D eigenvalue weighted by atomic mass is 127. The molecular weight excluding hydrogens is 759 g/mol. The van der Waals surface area contributed by atoms with Crippen LogP contribution in [0.2, 0.25) is 0 Å². The number of nitrogens with one attached hydrogen (secondary N) is 4. The molecule has 2 rings (SSSR count). The first-order valence-electron chi connectivity index (χ1n) is 14.3. The van der Waals surface area contributed by atoms with Crippen molar-refractivity contribution >= 4 is 72.3 Å². The number of hydrogen-bond acceptors (Lipinski definition) is 8. The first-order chi connectivity index (χ1) is 21.4. The van der Waals surface area contributed by atoms with E-state index < -0.39 is 43.4 Å². The van der Waals surface area contributed by atoms with Gasteiger partial charge in [0.25, 0.3) is 20.0 Å². The molecule has 2 aromatic carbocycles. The minimum absolute atomic E-state index is 0.275. The van der Waals surface area contributed by atoms with Gasteiger partial charge in [-0.05, 0) is 119 Å². The minimum Gasteiger partial charge on any atom is -0.444 e. The molecule has 0 fully saturated rings. The second kappa shape index (κ2) is 17.0. The van der Waals surface area contributed by atoms with E-state index in [0.29, 0.717) is 20.5 Å². The summed E-state index contributed by atoms with van der Waals surface area (Å²) in [5.74, 6) is 0. The molecular formula is C32H45IN4O8S2. The van der Waals surface area contributed by atoms with Crippen LogP contribution >= 0.6 is 22.6 Å². The van der Waals surface area contributed by atoms with E-state index in [1.807, 2.05) is 29.5 Å². The highest BCUT2D eigenvalue weighted by Gasteiger charge is 2.20. The van der Waals surface area contributed by atoms with Gasteiger partial charge in [0.15, 0.2) is 0 Å². The Balaban J connectivity index is 0.000000470. The third-order valence-corrected chi connectivity index (χ3v) is 8.48. The lowest BCUT2D eigenvalue weighted by atomic mass is 10.0. The van der Waals surface area contributed by atoms with Crippen molar-refractivity contribution in [3.8, 4) is 0 Å². The largest absolute Gasteiger partial charge is 0.444 e. The zero-order valence-corrected chi connectivity index (χ0v) is 31.7.